The second-order valence-electron chi connectivity index (χ2n) is 5.37. The largest absolute Gasteiger partial charge is 0.465 e. The molecule has 7 heteroatoms. The van der Waals surface area contributed by atoms with Crippen LogP contribution in [0, 0.1) is 0 Å². The van der Waals surface area contributed by atoms with Crippen molar-refractivity contribution >= 4 is 27.4 Å². The van der Waals surface area contributed by atoms with E-state index >= 15 is 0 Å². The highest BCUT2D eigenvalue weighted by Crippen LogP contribution is 2.30. The van der Waals surface area contributed by atoms with Gasteiger partial charge in [0.05, 0.1) is 28.9 Å². The third-order valence-electron chi connectivity index (χ3n) is 3.64. The zero-order valence-electron chi connectivity index (χ0n) is 14.1. The quantitative estimate of drug-likeness (QED) is 0.776. The molecule has 2 rings (SSSR count). The third kappa shape index (κ3) is 3.35. The maximum Gasteiger partial charge on any atom is 0.337 e. The van der Waals surface area contributed by atoms with Gasteiger partial charge in [0.25, 0.3) is 10.0 Å². The first-order valence-electron chi connectivity index (χ1n) is 7.22. The molecule has 0 saturated carbocycles. The summed E-state index contributed by atoms with van der Waals surface area (Å²) < 4.78 is 31.5. The number of methoxy groups -OCH3 is 1. The second kappa shape index (κ2) is 6.92. The summed E-state index contributed by atoms with van der Waals surface area (Å²) in [6.45, 7) is 0. The van der Waals surface area contributed by atoms with Crippen LogP contribution >= 0.6 is 0 Å². The van der Waals surface area contributed by atoms with Gasteiger partial charge in [-0.3, -0.25) is 4.31 Å². The lowest BCUT2D eigenvalue weighted by Gasteiger charge is -2.25. The van der Waals surface area contributed by atoms with Gasteiger partial charge in [-0.1, -0.05) is 12.1 Å². The van der Waals surface area contributed by atoms with Crippen molar-refractivity contribution in [2.75, 3.05) is 37.5 Å². The number of para-hydroxylation sites is 2. The van der Waals surface area contributed by atoms with Crippen molar-refractivity contribution in [3.05, 3.63) is 54.1 Å². The van der Waals surface area contributed by atoms with Gasteiger partial charge in [-0.15, -0.1) is 0 Å². The summed E-state index contributed by atoms with van der Waals surface area (Å²) >= 11 is 0. The molecule has 128 valence electrons. The Morgan fingerprint density at radius 2 is 1.46 bits per heavy atom. The molecule has 0 N–H and O–H groups in total. The molecule has 0 atom stereocenters. The SMILES string of the molecule is COC(=O)c1ccc(S(=O)(=O)N(C)c2ccccc2N(C)C)cc1. The summed E-state index contributed by atoms with van der Waals surface area (Å²) in [5, 5.41) is 0. The lowest BCUT2D eigenvalue weighted by Crippen LogP contribution is -2.28. The van der Waals surface area contributed by atoms with E-state index in [-0.39, 0.29) is 4.90 Å². The van der Waals surface area contributed by atoms with E-state index in [0.29, 0.717) is 11.3 Å². The minimum Gasteiger partial charge on any atom is -0.465 e. The van der Waals surface area contributed by atoms with Crippen molar-refractivity contribution in [2.45, 2.75) is 4.90 Å². The predicted molar refractivity (Wildman–Crippen MR) is 94.1 cm³/mol. The van der Waals surface area contributed by atoms with Crippen molar-refractivity contribution in [2.24, 2.45) is 0 Å². The van der Waals surface area contributed by atoms with Crippen LogP contribution in [0.4, 0.5) is 11.4 Å². The van der Waals surface area contributed by atoms with E-state index in [4.69, 9.17) is 0 Å². The molecule has 0 fully saturated rings. The maximum absolute atomic E-state index is 12.8. The van der Waals surface area contributed by atoms with Crippen molar-refractivity contribution in [1.82, 2.24) is 0 Å². The van der Waals surface area contributed by atoms with Gasteiger partial charge in [0.2, 0.25) is 0 Å². The van der Waals surface area contributed by atoms with Crippen LogP contribution in [-0.4, -0.2) is 42.6 Å². The fourth-order valence-electron chi connectivity index (χ4n) is 2.28. The summed E-state index contributed by atoms with van der Waals surface area (Å²) in [5.41, 5.74) is 1.65. The van der Waals surface area contributed by atoms with E-state index < -0.39 is 16.0 Å². The average Bonchev–Trinajstić information content (AvgIpc) is 2.60. The van der Waals surface area contributed by atoms with Gasteiger partial charge < -0.3 is 9.64 Å². The summed E-state index contributed by atoms with van der Waals surface area (Å²) in [7, 11) is 2.74. The van der Waals surface area contributed by atoms with Gasteiger partial charge in [-0.25, -0.2) is 13.2 Å². The van der Waals surface area contributed by atoms with Gasteiger partial charge in [0.1, 0.15) is 0 Å². The normalized spacial score (nSPS) is 11.0. The van der Waals surface area contributed by atoms with Gasteiger partial charge >= 0.3 is 5.97 Å². The summed E-state index contributed by atoms with van der Waals surface area (Å²) in [5.74, 6) is -0.509. The standard InChI is InChI=1S/C17H20N2O4S/c1-18(2)15-7-5-6-8-16(15)19(3)24(21,22)14-11-9-13(10-12-14)17(20)23-4/h5-12H,1-4H3. The lowest BCUT2D eigenvalue weighted by molar-refractivity contribution is 0.0600. The Morgan fingerprint density at radius 1 is 0.917 bits per heavy atom. The van der Waals surface area contributed by atoms with E-state index in [0.717, 1.165) is 5.69 Å². The van der Waals surface area contributed by atoms with Crippen LogP contribution in [-0.2, 0) is 14.8 Å². The highest BCUT2D eigenvalue weighted by atomic mass is 32.2. The lowest BCUT2D eigenvalue weighted by atomic mass is 10.2. The summed E-state index contributed by atoms with van der Waals surface area (Å²) in [6, 6.07) is 12.9. The zero-order chi connectivity index (χ0) is 17.9. The maximum atomic E-state index is 12.8. The van der Waals surface area contributed by atoms with Crippen molar-refractivity contribution in [3.63, 3.8) is 0 Å². The molecule has 0 unspecified atom stereocenters. The second-order valence-corrected chi connectivity index (χ2v) is 7.34. The number of carbonyl (C=O) groups excluding carboxylic acids is 1. The highest BCUT2D eigenvalue weighted by Gasteiger charge is 2.24. The van der Waals surface area contributed by atoms with Crippen LogP contribution in [0.5, 0.6) is 0 Å². The van der Waals surface area contributed by atoms with E-state index in [2.05, 4.69) is 4.74 Å². The molecule has 0 saturated heterocycles. The monoisotopic (exact) mass is 348 g/mol. The number of benzene rings is 2. The Bertz CT molecular complexity index is 830. The summed E-state index contributed by atoms with van der Waals surface area (Å²) in [4.78, 5) is 13.4. The average molecular weight is 348 g/mol. The minimum atomic E-state index is -3.74. The minimum absolute atomic E-state index is 0.103. The smallest absolute Gasteiger partial charge is 0.337 e. The molecule has 0 aliphatic rings. The highest BCUT2D eigenvalue weighted by molar-refractivity contribution is 7.92. The van der Waals surface area contributed by atoms with Gasteiger partial charge in [0, 0.05) is 21.1 Å². The number of nitrogens with zero attached hydrogens (tertiary/aromatic N) is 2. The van der Waals surface area contributed by atoms with Crippen LogP contribution in [0.3, 0.4) is 0 Å². The first-order chi connectivity index (χ1) is 11.3. The van der Waals surface area contributed by atoms with Gasteiger partial charge in [-0.2, -0.15) is 0 Å². The zero-order valence-corrected chi connectivity index (χ0v) is 14.9. The van der Waals surface area contributed by atoms with E-state index in [1.54, 1.807) is 12.1 Å². The van der Waals surface area contributed by atoms with E-state index in [1.807, 2.05) is 31.1 Å². The molecule has 0 amide bonds. The number of esters is 1. The molecule has 0 heterocycles. The number of ether oxygens (including phenoxy) is 1. The Morgan fingerprint density at radius 3 is 1.96 bits per heavy atom. The number of sulfonamides is 1. The molecule has 0 aliphatic heterocycles. The Hall–Kier alpha value is -2.54. The Labute approximate surface area is 142 Å². The molecule has 0 bridgehead atoms. The van der Waals surface area contributed by atoms with Crippen LogP contribution in [0.1, 0.15) is 10.4 Å². The predicted octanol–water partition coefficient (Wildman–Crippen LogP) is 2.36. The van der Waals surface area contributed by atoms with Crippen LogP contribution in [0.2, 0.25) is 0 Å². The van der Waals surface area contributed by atoms with Crippen molar-refractivity contribution < 1.29 is 17.9 Å². The summed E-state index contributed by atoms with van der Waals surface area (Å²) in [6.07, 6.45) is 0. The number of carbonyl (C=O) groups is 1. The molecule has 0 spiro atoms. The number of rotatable bonds is 5. The Balaban J connectivity index is 2.42. The molecule has 24 heavy (non-hydrogen) atoms. The van der Waals surface area contributed by atoms with Gasteiger partial charge in [0.15, 0.2) is 0 Å². The first-order valence-corrected chi connectivity index (χ1v) is 8.66. The number of hydrogen-bond acceptors (Lipinski definition) is 5. The fraction of sp³-hybridized carbons (Fsp3) is 0.235. The van der Waals surface area contributed by atoms with Crippen molar-refractivity contribution in [3.8, 4) is 0 Å². The molecular weight excluding hydrogens is 328 g/mol. The van der Waals surface area contributed by atoms with Crippen LogP contribution in [0.15, 0.2) is 53.4 Å². The molecule has 2 aromatic rings. The molecule has 0 radical (unpaired) electrons. The molecule has 6 nitrogen and oxygen atoms in total. The number of hydrogen-bond donors (Lipinski definition) is 0. The number of anilines is 2. The topological polar surface area (TPSA) is 66.9 Å². The Kier molecular flexibility index (Phi) is 5.14. The van der Waals surface area contributed by atoms with Gasteiger partial charge in [-0.05, 0) is 36.4 Å². The fourth-order valence-corrected chi connectivity index (χ4v) is 3.49. The molecular formula is C17H20N2O4S. The molecule has 0 aromatic heterocycles. The first kappa shape index (κ1) is 17.8. The van der Waals surface area contributed by atoms with Crippen LogP contribution < -0.4 is 9.21 Å². The van der Waals surface area contributed by atoms with Crippen molar-refractivity contribution in [1.29, 1.82) is 0 Å². The molecule has 0 aliphatic carbocycles. The molecule has 2 aromatic carbocycles. The third-order valence-corrected chi connectivity index (χ3v) is 5.42. The van der Waals surface area contributed by atoms with E-state index in [1.165, 1.54) is 42.7 Å². The van der Waals surface area contributed by atoms with Crippen LogP contribution in [0.25, 0.3) is 0 Å². The van der Waals surface area contributed by atoms with E-state index in [9.17, 15) is 13.2 Å².